The molecule has 0 fully saturated rings. The third-order valence-corrected chi connectivity index (χ3v) is 6.05. The molecule has 0 aliphatic carbocycles. The van der Waals surface area contributed by atoms with Gasteiger partial charge >= 0.3 is 0 Å². The third-order valence-electron chi connectivity index (χ3n) is 5.25. The fraction of sp³-hybridized carbons (Fsp3) is 0.120. The van der Waals surface area contributed by atoms with E-state index >= 15 is 0 Å². The molecule has 1 heterocycles. The lowest BCUT2D eigenvalue weighted by molar-refractivity contribution is -0.114. The van der Waals surface area contributed by atoms with Gasteiger partial charge in [0.2, 0.25) is 5.82 Å². The van der Waals surface area contributed by atoms with Gasteiger partial charge in [0, 0.05) is 0 Å². The number of hydrazone groups is 1. The summed E-state index contributed by atoms with van der Waals surface area (Å²) >= 11 is 2.03. The standard InChI is InChI=1S/C25H16F5IN2O3/c1-12-15(25(34)33(32-12)23-21(29)19(27)18(26)20(28)22(23)30)8-14-9-16(31)24(17(10-14)35-2)36-11-13-6-4-3-5-7-13/h3-10H,11H2,1-2H3/b15-8+. The lowest BCUT2D eigenvalue weighted by Gasteiger charge is -2.15. The molecule has 0 saturated carbocycles. The first-order valence-electron chi connectivity index (χ1n) is 10.3. The second kappa shape index (κ2) is 10.2. The number of carbonyl (C=O) groups excluding carboxylic acids is 1. The van der Waals surface area contributed by atoms with Crippen molar-refractivity contribution in [1.29, 1.82) is 0 Å². The van der Waals surface area contributed by atoms with E-state index in [2.05, 4.69) is 5.10 Å². The number of ether oxygens (including phenoxy) is 2. The summed E-state index contributed by atoms with van der Waals surface area (Å²) in [5.41, 5.74) is -0.133. The Hall–Kier alpha value is -3.48. The third kappa shape index (κ3) is 4.66. The highest BCUT2D eigenvalue weighted by Gasteiger charge is 2.37. The Balaban J connectivity index is 1.67. The van der Waals surface area contributed by atoms with Gasteiger partial charge in [-0.15, -0.1) is 0 Å². The van der Waals surface area contributed by atoms with Crippen molar-refractivity contribution in [2.45, 2.75) is 13.5 Å². The van der Waals surface area contributed by atoms with Crippen molar-refractivity contribution in [3.63, 3.8) is 0 Å². The molecule has 0 atom stereocenters. The molecule has 11 heteroatoms. The van der Waals surface area contributed by atoms with E-state index in [1.54, 1.807) is 12.1 Å². The second-order valence-corrected chi connectivity index (χ2v) is 8.75. The van der Waals surface area contributed by atoms with E-state index in [-0.39, 0.29) is 22.9 Å². The molecule has 0 bridgehead atoms. The number of anilines is 1. The SMILES string of the molecule is COc1cc(/C=C2/C(=O)N(c3c(F)c(F)c(F)c(F)c3F)N=C2C)cc(I)c1OCc1ccccc1. The van der Waals surface area contributed by atoms with Crippen molar-refractivity contribution in [2.24, 2.45) is 5.10 Å². The largest absolute Gasteiger partial charge is 0.493 e. The molecule has 0 aromatic heterocycles. The molecular weight excluding hydrogens is 598 g/mol. The molecule has 4 rings (SSSR count). The number of carbonyl (C=O) groups is 1. The van der Waals surface area contributed by atoms with Crippen molar-refractivity contribution in [1.82, 2.24) is 0 Å². The van der Waals surface area contributed by atoms with Crippen molar-refractivity contribution in [3.05, 3.63) is 91.8 Å². The fourth-order valence-corrected chi connectivity index (χ4v) is 4.26. The van der Waals surface area contributed by atoms with E-state index < -0.39 is 40.7 Å². The van der Waals surface area contributed by atoms with Crippen LogP contribution < -0.4 is 14.5 Å². The van der Waals surface area contributed by atoms with E-state index in [1.165, 1.54) is 20.1 Å². The van der Waals surface area contributed by atoms with Gasteiger partial charge in [-0.25, -0.2) is 22.0 Å². The van der Waals surface area contributed by atoms with E-state index in [4.69, 9.17) is 9.47 Å². The summed E-state index contributed by atoms with van der Waals surface area (Å²) in [5.74, 6) is -11.2. The number of nitrogens with zero attached hydrogens (tertiary/aromatic N) is 2. The Kier molecular flexibility index (Phi) is 7.29. The minimum Gasteiger partial charge on any atom is -0.493 e. The van der Waals surface area contributed by atoms with E-state index in [1.807, 2.05) is 52.9 Å². The molecule has 186 valence electrons. The Morgan fingerprint density at radius 1 is 0.972 bits per heavy atom. The van der Waals surface area contributed by atoms with Gasteiger partial charge in [0.1, 0.15) is 12.3 Å². The summed E-state index contributed by atoms with van der Waals surface area (Å²) in [6.07, 6.45) is 1.37. The molecule has 1 aliphatic heterocycles. The van der Waals surface area contributed by atoms with Gasteiger partial charge in [-0.05, 0) is 58.9 Å². The first kappa shape index (κ1) is 25.6. The highest BCUT2D eigenvalue weighted by atomic mass is 127. The van der Waals surface area contributed by atoms with Gasteiger partial charge in [-0.1, -0.05) is 30.3 Å². The summed E-state index contributed by atoms with van der Waals surface area (Å²) in [4.78, 5) is 12.9. The molecular formula is C25H16F5IN2O3. The van der Waals surface area contributed by atoms with Crippen LogP contribution in [-0.2, 0) is 11.4 Å². The van der Waals surface area contributed by atoms with Crippen LogP contribution in [0.5, 0.6) is 11.5 Å². The van der Waals surface area contributed by atoms with Crippen molar-refractivity contribution in [3.8, 4) is 11.5 Å². The molecule has 0 radical (unpaired) electrons. The van der Waals surface area contributed by atoms with Crippen LogP contribution in [0.2, 0.25) is 0 Å². The van der Waals surface area contributed by atoms with Crippen LogP contribution in [0.1, 0.15) is 18.1 Å². The van der Waals surface area contributed by atoms with E-state index in [0.717, 1.165) is 5.56 Å². The Morgan fingerprint density at radius 2 is 1.58 bits per heavy atom. The molecule has 0 N–H and O–H groups in total. The predicted octanol–water partition coefficient (Wildman–Crippen LogP) is 6.38. The summed E-state index contributed by atoms with van der Waals surface area (Å²) in [7, 11) is 1.44. The average molecular weight is 614 g/mol. The van der Waals surface area contributed by atoms with Crippen LogP contribution >= 0.6 is 22.6 Å². The van der Waals surface area contributed by atoms with Crippen LogP contribution in [-0.4, -0.2) is 18.7 Å². The normalized spacial score (nSPS) is 14.4. The number of hydrogen-bond acceptors (Lipinski definition) is 4. The van der Waals surface area contributed by atoms with Gasteiger partial charge in [0.05, 0.1) is 22.0 Å². The van der Waals surface area contributed by atoms with Gasteiger partial charge in [-0.2, -0.15) is 10.1 Å². The maximum absolute atomic E-state index is 14.3. The molecule has 0 unspecified atom stereocenters. The zero-order valence-corrected chi connectivity index (χ0v) is 20.9. The number of amides is 1. The van der Waals surface area contributed by atoms with Crippen molar-refractivity contribution >= 4 is 46.0 Å². The Labute approximate surface area is 216 Å². The number of methoxy groups -OCH3 is 1. The number of benzene rings is 3. The maximum atomic E-state index is 14.3. The molecule has 3 aromatic carbocycles. The van der Waals surface area contributed by atoms with Gasteiger partial charge < -0.3 is 9.47 Å². The highest BCUT2D eigenvalue weighted by Crippen LogP contribution is 2.37. The summed E-state index contributed by atoms with van der Waals surface area (Å²) < 4.78 is 81.3. The van der Waals surface area contributed by atoms with Gasteiger partial charge in [0.15, 0.2) is 34.8 Å². The minimum absolute atomic E-state index is 0.0160. The van der Waals surface area contributed by atoms with Crippen LogP contribution in [0.3, 0.4) is 0 Å². The Bertz CT molecular complexity index is 1400. The Morgan fingerprint density at radius 3 is 2.19 bits per heavy atom. The second-order valence-electron chi connectivity index (χ2n) is 7.59. The molecule has 36 heavy (non-hydrogen) atoms. The van der Waals surface area contributed by atoms with Crippen LogP contribution in [0.25, 0.3) is 6.08 Å². The monoisotopic (exact) mass is 614 g/mol. The number of hydrogen-bond donors (Lipinski definition) is 0. The van der Waals surface area contributed by atoms with E-state index in [0.29, 0.717) is 20.6 Å². The van der Waals surface area contributed by atoms with Crippen molar-refractivity contribution < 1.29 is 36.2 Å². The van der Waals surface area contributed by atoms with Crippen LogP contribution in [0.4, 0.5) is 27.6 Å². The zero-order valence-electron chi connectivity index (χ0n) is 18.7. The highest BCUT2D eigenvalue weighted by molar-refractivity contribution is 14.1. The fourth-order valence-electron chi connectivity index (χ4n) is 3.47. The molecule has 1 amide bonds. The molecule has 3 aromatic rings. The predicted molar refractivity (Wildman–Crippen MR) is 131 cm³/mol. The lowest BCUT2D eigenvalue weighted by Crippen LogP contribution is -2.25. The van der Waals surface area contributed by atoms with Gasteiger partial charge in [-0.3, -0.25) is 4.79 Å². The number of halogens is 6. The first-order valence-corrected chi connectivity index (χ1v) is 11.4. The van der Waals surface area contributed by atoms with E-state index in [9.17, 15) is 26.7 Å². The van der Waals surface area contributed by atoms with Crippen molar-refractivity contribution in [2.75, 3.05) is 12.1 Å². The summed E-state index contributed by atoms with van der Waals surface area (Å²) in [5, 5.41) is 3.90. The maximum Gasteiger partial charge on any atom is 0.280 e. The lowest BCUT2D eigenvalue weighted by atomic mass is 10.1. The smallest absolute Gasteiger partial charge is 0.280 e. The molecule has 0 saturated heterocycles. The molecule has 5 nitrogen and oxygen atoms in total. The summed E-state index contributed by atoms with van der Waals surface area (Å²) in [6.45, 7) is 1.66. The number of rotatable bonds is 6. The first-order chi connectivity index (χ1) is 17.1. The molecule has 0 spiro atoms. The van der Waals surface area contributed by atoms with Gasteiger partial charge in [0.25, 0.3) is 5.91 Å². The topological polar surface area (TPSA) is 51.1 Å². The molecule has 1 aliphatic rings. The van der Waals surface area contributed by atoms with Crippen LogP contribution in [0, 0.1) is 32.7 Å². The average Bonchev–Trinajstić information content (AvgIpc) is 3.14. The van der Waals surface area contributed by atoms with Crippen LogP contribution in [0.15, 0.2) is 53.1 Å². The summed E-state index contributed by atoms with van der Waals surface area (Å²) in [6, 6.07) is 12.7. The quantitative estimate of drug-likeness (QED) is 0.107. The zero-order chi connectivity index (χ0) is 26.1. The minimum atomic E-state index is -2.33.